The molecule has 2 unspecified atom stereocenters. The molecule has 0 bridgehead atoms. The lowest BCUT2D eigenvalue weighted by atomic mass is 10.1. The molecule has 0 aromatic carbocycles. The molecule has 8 nitrogen and oxygen atoms in total. The fourth-order valence-electron chi connectivity index (χ4n) is 1.42. The average molecular weight is 260 g/mol. The number of aliphatic hydroxyl groups is 2. The quantitative estimate of drug-likeness (QED) is 0.333. The molecule has 8 heteroatoms. The summed E-state index contributed by atoms with van der Waals surface area (Å²) >= 11 is 0. The van der Waals surface area contributed by atoms with Crippen LogP contribution in [0.1, 0.15) is 6.42 Å². The minimum atomic E-state index is -1.54. The van der Waals surface area contributed by atoms with Crippen molar-refractivity contribution < 1.29 is 29.6 Å². The summed E-state index contributed by atoms with van der Waals surface area (Å²) in [5.74, 6) is -2.09. The van der Waals surface area contributed by atoms with E-state index >= 15 is 0 Å². The molecule has 1 amide bonds. The van der Waals surface area contributed by atoms with E-state index in [9.17, 15) is 14.7 Å². The van der Waals surface area contributed by atoms with Gasteiger partial charge in [-0.2, -0.15) is 0 Å². The van der Waals surface area contributed by atoms with Gasteiger partial charge in [0.25, 0.3) is 5.91 Å². The third-order valence-electron chi connectivity index (χ3n) is 2.50. The Balaban J connectivity index is 2.45. The van der Waals surface area contributed by atoms with Crippen LogP contribution in [-0.4, -0.2) is 58.8 Å². The maximum atomic E-state index is 11.5. The van der Waals surface area contributed by atoms with Gasteiger partial charge in [-0.1, -0.05) is 6.08 Å². The largest absolute Gasteiger partial charge is 0.480 e. The number of nitrogens with two attached hydrogens (primary N) is 1. The van der Waals surface area contributed by atoms with Crippen LogP contribution in [0.25, 0.3) is 0 Å². The first-order valence-corrected chi connectivity index (χ1v) is 5.34. The summed E-state index contributed by atoms with van der Waals surface area (Å²) in [7, 11) is 0. The number of amides is 1. The molecule has 0 aliphatic carbocycles. The third-order valence-corrected chi connectivity index (χ3v) is 2.50. The third kappa shape index (κ3) is 3.77. The van der Waals surface area contributed by atoms with E-state index in [4.69, 9.17) is 20.7 Å². The van der Waals surface area contributed by atoms with E-state index in [1.165, 1.54) is 0 Å². The van der Waals surface area contributed by atoms with Gasteiger partial charge in [0.2, 0.25) is 0 Å². The zero-order valence-corrected chi connectivity index (χ0v) is 9.57. The van der Waals surface area contributed by atoms with Crippen LogP contribution in [0.15, 0.2) is 11.6 Å². The lowest BCUT2D eigenvalue weighted by molar-refractivity contribution is -0.140. The molecule has 1 aliphatic rings. The van der Waals surface area contributed by atoms with Crippen molar-refractivity contribution in [2.24, 2.45) is 5.73 Å². The molecule has 102 valence electrons. The van der Waals surface area contributed by atoms with E-state index in [0.29, 0.717) is 5.57 Å². The predicted molar refractivity (Wildman–Crippen MR) is 59.3 cm³/mol. The number of hydrogen-bond donors (Lipinski definition) is 5. The Kier molecular flexibility index (Phi) is 5.23. The van der Waals surface area contributed by atoms with Crippen molar-refractivity contribution in [1.82, 2.24) is 5.32 Å². The summed E-state index contributed by atoms with van der Waals surface area (Å²) < 4.78 is 5.09. The lowest BCUT2D eigenvalue weighted by Gasteiger charge is -2.18. The topological polar surface area (TPSA) is 142 Å². The lowest BCUT2D eigenvalue weighted by Crippen LogP contribution is -2.46. The Hall–Kier alpha value is -1.48. The van der Waals surface area contributed by atoms with Crippen LogP contribution < -0.4 is 11.1 Å². The highest BCUT2D eigenvalue weighted by Crippen LogP contribution is 2.11. The van der Waals surface area contributed by atoms with E-state index in [1.54, 1.807) is 6.08 Å². The molecule has 0 fully saturated rings. The van der Waals surface area contributed by atoms with Gasteiger partial charge >= 0.3 is 5.97 Å². The number of carboxylic acid groups (broad SMARTS) is 1. The molecule has 0 radical (unpaired) electrons. The highest BCUT2D eigenvalue weighted by atomic mass is 16.5. The highest BCUT2D eigenvalue weighted by molar-refractivity contribution is 5.82. The van der Waals surface area contributed by atoms with Crippen LogP contribution in [0.5, 0.6) is 0 Å². The Morgan fingerprint density at radius 2 is 2.28 bits per heavy atom. The van der Waals surface area contributed by atoms with E-state index in [-0.39, 0.29) is 13.2 Å². The molecule has 0 saturated heterocycles. The molecule has 1 rings (SSSR count). The van der Waals surface area contributed by atoms with Crippen molar-refractivity contribution in [3.05, 3.63) is 11.6 Å². The zero-order chi connectivity index (χ0) is 13.7. The first-order chi connectivity index (χ1) is 8.45. The molecule has 3 atom stereocenters. The summed E-state index contributed by atoms with van der Waals surface area (Å²) in [6, 6.07) is -1.32. The fourth-order valence-corrected chi connectivity index (χ4v) is 1.42. The number of ether oxygens (including phenoxy) is 1. The van der Waals surface area contributed by atoms with Crippen LogP contribution in [0.3, 0.4) is 0 Å². The second-order valence-corrected chi connectivity index (χ2v) is 3.86. The van der Waals surface area contributed by atoms with Gasteiger partial charge in [0.05, 0.1) is 13.2 Å². The Bertz CT molecular complexity index is 356. The zero-order valence-electron chi connectivity index (χ0n) is 9.57. The van der Waals surface area contributed by atoms with Gasteiger partial charge < -0.3 is 31.1 Å². The van der Waals surface area contributed by atoms with Gasteiger partial charge in [-0.05, 0) is 0 Å². The van der Waals surface area contributed by atoms with Crippen LogP contribution in [-0.2, 0) is 14.3 Å². The number of carbonyl (C=O) groups is 2. The van der Waals surface area contributed by atoms with Crippen LogP contribution >= 0.6 is 0 Å². The minimum Gasteiger partial charge on any atom is -0.480 e. The predicted octanol–water partition coefficient (Wildman–Crippen LogP) is -2.46. The summed E-state index contributed by atoms with van der Waals surface area (Å²) in [5, 5.41) is 29.3. The molecule has 0 saturated carbocycles. The number of aliphatic hydroxyl groups excluding tert-OH is 2. The van der Waals surface area contributed by atoms with E-state index in [2.05, 4.69) is 5.32 Å². The molecule has 0 spiro atoms. The smallest absolute Gasteiger partial charge is 0.320 e. The van der Waals surface area contributed by atoms with Crippen LogP contribution in [0, 0.1) is 0 Å². The number of nitrogens with one attached hydrogen (secondary N) is 1. The molecule has 0 aromatic rings. The van der Waals surface area contributed by atoms with Crippen molar-refractivity contribution in [2.75, 3.05) is 13.2 Å². The van der Waals surface area contributed by atoms with Crippen molar-refractivity contribution in [3.8, 4) is 0 Å². The SMILES string of the molecule is N[C@@H](CC(O)C(=O)NC1OCC=C1CO)C(=O)O. The molecule has 0 aromatic heterocycles. The number of hydrogen-bond acceptors (Lipinski definition) is 6. The van der Waals surface area contributed by atoms with Gasteiger partial charge in [0.1, 0.15) is 12.1 Å². The summed E-state index contributed by atoms with van der Waals surface area (Å²) in [4.78, 5) is 22.0. The Morgan fingerprint density at radius 1 is 1.61 bits per heavy atom. The van der Waals surface area contributed by atoms with Gasteiger partial charge in [-0.25, -0.2) is 0 Å². The summed E-state index contributed by atoms with van der Waals surface area (Å²) in [6.45, 7) is -0.0126. The van der Waals surface area contributed by atoms with Crippen molar-refractivity contribution in [2.45, 2.75) is 24.8 Å². The summed E-state index contributed by atoms with van der Waals surface area (Å²) in [5.41, 5.74) is 5.68. The highest BCUT2D eigenvalue weighted by Gasteiger charge is 2.27. The van der Waals surface area contributed by atoms with E-state index in [1.807, 2.05) is 0 Å². The molecule has 1 aliphatic heterocycles. The molecular formula is C10H16N2O6. The first kappa shape index (κ1) is 14.6. The van der Waals surface area contributed by atoms with Gasteiger partial charge in [0.15, 0.2) is 6.23 Å². The number of carboxylic acids is 1. The van der Waals surface area contributed by atoms with Gasteiger partial charge in [-0.15, -0.1) is 0 Å². The summed E-state index contributed by atoms with van der Waals surface area (Å²) in [6.07, 6.45) is -1.12. The van der Waals surface area contributed by atoms with Gasteiger partial charge in [0, 0.05) is 12.0 Å². The standard InChI is InChI=1S/C10H16N2O6/c11-6(10(16)17)3-7(14)8(15)12-9-5(4-13)1-2-18-9/h1,6-7,9,13-14H,2-4,11H2,(H,12,15)(H,16,17)/t6-,7?,9?/m0/s1. The van der Waals surface area contributed by atoms with E-state index in [0.717, 1.165) is 0 Å². The van der Waals surface area contributed by atoms with Crippen LogP contribution in [0.4, 0.5) is 0 Å². The second kappa shape index (κ2) is 6.45. The maximum absolute atomic E-state index is 11.5. The Morgan fingerprint density at radius 3 is 2.83 bits per heavy atom. The van der Waals surface area contributed by atoms with Crippen molar-refractivity contribution >= 4 is 11.9 Å². The number of carbonyl (C=O) groups excluding carboxylic acids is 1. The first-order valence-electron chi connectivity index (χ1n) is 5.34. The fraction of sp³-hybridized carbons (Fsp3) is 0.600. The van der Waals surface area contributed by atoms with Crippen molar-refractivity contribution in [1.29, 1.82) is 0 Å². The molecule has 6 N–H and O–H groups in total. The van der Waals surface area contributed by atoms with Crippen molar-refractivity contribution in [3.63, 3.8) is 0 Å². The van der Waals surface area contributed by atoms with E-state index < -0.39 is 36.7 Å². The van der Waals surface area contributed by atoms with Crippen LogP contribution in [0.2, 0.25) is 0 Å². The molecule has 1 heterocycles. The second-order valence-electron chi connectivity index (χ2n) is 3.86. The maximum Gasteiger partial charge on any atom is 0.320 e. The molecular weight excluding hydrogens is 244 g/mol. The normalized spacial score (nSPS) is 22.2. The minimum absolute atomic E-state index is 0.256. The van der Waals surface area contributed by atoms with Gasteiger partial charge in [-0.3, -0.25) is 9.59 Å². The Labute approximate surface area is 103 Å². The number of aliphatic carboxylic acids is 1. The molecule has 18 heavy (non-hydrogen) atoms. The average Bonchev–Trinajstić information content (AvgIpc) is 2.75. The number of rotatable bonds is 6. The monoisotopic (exact) mass is 260 g/mol.